The Kier molecular flexibility index (Phi) is 1.96. The Hall–Kier alpha value is -1.49. The lowest BCUT2D eigenvalue weighted by molar-refractivity contribution is 0.410. The molecule has 0 N–H and O–H groups in total. The lowest BCUT2D eigenvalue weighted by Crippen LogP contribution is -2.05. The number of methoxy groups -OCH3 is 1. The van der Waals surface area contributed by atoms with Crippen LogP contribution in [0.5, 0.6) is 5.75 Å². The highest BCUT2D eigenvalue weighted by atomic mass is 16.5. The van der Waals surface area contributed by atoms with Gasteiger partial charge in [-0.15, -0.1) is 0 Å². The fourth-order valence-electron chi connectivity index (χ4n) is 1.92. The van der Waals surface area contributed by atoms with Crippen LogP contribution in [0.1, 0.15) is 24.0 Å². The molecule has 0 heterocycles. The highest BCUT2D eigenvalue weighted by Gasteiger charge is 2.46. The molecule has 1 aromatic rings. The zero-order chi connectivity index (χ0) is 10.2. The van der Waals surface area contributed by atoms with Crippen LogP contribution in [-0.2, 0) is 5.41 Å². The standard InChI is InChI=1S/C12H13NO/c1-9-10(12(8-13)6-7-12)4-3-5-11(9)14-2/h3-5H,6-7H2,1-2H3. The fourth-order valence-corrected chi connectivity index (χ4v) is 1.92. The number of hydrogen-bond acceptors (Lipinski definition) is 2. The van der Waals surface area contributed by atoms with Crippen LogP contribution >= 0.6 is 0 Å². The van der Waals surface area contributed by atoms with Gasteiger partial charge in [-0.2, -0.15) is 5.26 Å². The Morgan fingerprint density at radius 1 is 1.43 bits per heavy atom. The van der Waals surface area contributed by atoms with Gasteiger partial charge >= 0.3 is 0 Å². The van der Waals surface area contributed by atoms with Gasteiger partial charge in [-0.1, -0.05) is 12.1 Å². The SMILES string of the molecule is COc1cccc(C2(C#N)CC2)c1C. The number of rotatable bonds is 2. The summed E-state index contributed by atoms with van der Waals surface area (Å²) in [6, 6.07) is 8.33. The van der Waals surface area contributed by atoms with Gasteiger partial charge in [-0.3, -0.25) is 0 Å². The van der Waals surface area contributed by atoms with Crippen molar-refractivity contribution in [3.05, 3.63) is 29.3 Å². The molecular weight excluding hydrogens is 174 g/mol. The molecular formula is C12H13NO. The molecule has 1 fully saturated rings. The van der Waals surface area contributed by atoms with Gasteiger partial charge in [-0.05, 0) is 37.0 Å². The third-order valence-corrected chi connectivity index (χ3v) is 2.98. The van der Waals surface area contributed by atoms with Crippen molar-refractivity contribution in [2.45, 2.75) is 25.2 Å². The zero-order valence-corrected chi connectivity index (χ0v) is 8.50. The number of ether oxygens (including phenoxy) is 1. The van der Waals surface area contributed by atoms with E-state index in [1.807, 2.05) is 25.1 Å². The van der Waals surface area contributed by atoms with Crippen molar-refractivity contribution < 1.29 is 4.74 Å². The highest BCUT2D eigenvalue weighted by molar-refractivity contribution is 5.49. The average molecular weight is 187 g/mol. The molecule has 0 aliphatic heterocycles. The second kappa shape index (κ2) is 3.02. The molecule has 1 aliphatic carbocycles. The summed E-state index contributed by atoms with van der Waals surface area (Å²) in [5, 5.41) is 9.11. The van der Waals surface area contributed by atoms with Crippen LogP contribution in [0.2, 0.25) is 0 Å². The first-order chi connectivity index (χ1) is 6.73. The Morgan fingerprint density at radius 2 is 2.14 bits per heavy atom. The zero-order valence-electron chi connectivity index (χ0n) is 8.50. The normalized spacial score (nSPS) is 17.2. The van der Waals surface area contributed by atoms with Gasteiger partial charge < -0.3 is 4.74 Å². The molecule has 2 heteroatoms. The van der Waals surface area contributed by atoms with Gasteiger partial charge in [0.05, 0.1) is 18.6 Å². The first kappa shape index (κ1) is 9.08. The van der Waals surface area contributed by atoms with Crippen molar-refractivity contribution in [3.8, 4) is 11.8 Å². The molecule has 2 rings (SSSR count). The molecule has 1 aromatic carbocycles. The summed E-state index contributed by atoms with van der Waals surface area (Å²) in [5.74, 6) is 0.879. The summed E-state index contributed by atoms with van der Waals surface area (Å²) >= 11 is 0. The van der Waals surface area contributed by atoms with Crippen molar-refractivity contribution in [1.29, 1.82) is 5.26 Å². The van der Waals surface area contributed by atoms with Gasteiger partial charge in [0.2, 0.25) is 0 Å². The first-order valence-corrected chi connectivity index (χ1v) is 4.79. The summed E-state index contributed by atoms with van der Waals surface area (Å²) in [7, 11) is 1.66. The van der Waals surface area contributed by atoms with Crippen molar-refractivity contribution in [1.82, 2.24) is 0 Å². The molecule has 1 saturated carbocycles. The largest absolute Gasteiger partial charge is 0.496 e. The van der Waals surface area contributed by atoms with Crippen LogP contribution in [0.4, 0.5) is 0 Å². The summed E-state index contributed by atoms with van der Waals surface area (Å²) in [4.78, 5) is 0. The molecule has 0 bridgehead atoms. The summed E-state index contributed by atoms with van der Waals surface area (Å²) in [5.41, 5.74) is 2.03. The van der Waals surface area contributed by atoms with E-state index in [0.717, 1.165) is 29.7 Å². The van der Waals surface area contributed by atoms with E-state index in [0.29, 0.717) is 0 Å². The molecule has 14 heavy (non-hydrogen) atoms. The maximum absolute atomic E-state index is 9.11. The minimum atomic E-state index is -0.210. The third-order valence-electron chi connectivity index (χ3n) is 2.98. The van der Waals surface area contributed by atoms with Crippen molar-refractivity contribution >= 4 is 0 Å². The summed E-state index contributed by atoms with van der Waals surface area (Å²) in [6.45, 7) is 2.02. The van der Waals surface area contributed by atoms with Gasteiger partial charge in [0.15, 0.2) is 0 Å². The van der Waals surface area contributed by atoms with Crippen LogP contribution in [0.3, 0.4) is 0 Å². The fraction of sp³-hybridized carbons (Fsp3) is 0.417. The van der Waals surface area contributed by atoms with Crippen molar-refractivity contribution in [2.24, 2.45) is 0 Å². The molecule has 0 atom stereocenters. The van der Waals surface area contributed by atoms with E-state index in [1.54, 1.807) is 7.11 Å². The molecule has 0 aromatic heterocycles. The Labute approximate surface area is 84.1 Å². The molecule has 0 radical (unpaired) electrons. The van der Waals surface area contributed by atoms with Gasteiger partial charge in [0, 0.05) is 0 Å². The molecule has 1 aliphatic rings. The molecule has 72 valence electrons. The van der Waals surface area contributed by atoms with Crippen LogP contribution < -0.4 is 4.74 Å². The van der Waals surface area contributed by atoms with Crippen LogP contribution in [0.25, 0.3) is 0 Å². The maximum atomic E-state index is 9.11. The minimum absolute atomic E-state index is 0.210. The van der Waals surface area contributed by atoms with E-state index in [-0.39, 0.29) is 5.41 Å². The van der Waals surface area contributed by atoms with Gasteiger partial charge in [0.25, 0.3) is 0 Å². The van der Waals surface area contributed by atoms with Gasteiger partial charge in [-0.25, -0.2) is 0 Å². The number of hydrogen-bond donors (Lipinski definition) is 0. The average Bonchev–Trinajstić information content (AvgIpc) is 2.99. The first-order valence-electron chi connectivity index (χ1n) is 4.79. The topological polar surface area (TPSA) is 33.0 Å². The highest BCUT2D eigenvalue weighted by Crippen LogP contribution is 2.49. The quantitative estimate of drug-likeness (QED) is 0.712. The number of nitriles is 1. The van der Waals surface area contributed by atoms with E-state index in [2.05, 4.69) is 6.07 Å². The lowest BCUT2D eigenvalue weighted by Gasteiger charge is -2.13. The molecule has 0 saturated heterocycles. The van der Waals surface area contributed by atoms with E-state index in [4.69, 9.17) is 10.00 Å². The molecule has 2 nitrogen and oxygen atoms in total. The van der Waals surface area contributed by atoms with E-state index < -0.39 is 0 Å². The van der Waals surface area contributed by atoms with E-state index in [9.17, 15) is 0 Å². The summed E-state index contributed by atoms with van der Waals surface area (Å²) < 4.78 is 5.24. The predicted octanol–water partition coefficient (Wildman–Crippen LogP) is 2.56. The Balaban J connectivity index is 2.50. The molecule has 0 unspecified atom stereocenters. The lowest BCUT2D eigenvalue weighted by atomic mass is 9.93. The minimum Gasteiger partial charge on any atom is -0.496 e. The van der Waals surface area contributed by atoms with Crippen molar-refractivity contribution in [3.63, 3.8) is 0 Å². The monoisotopic (exact) mass is 187 g/mol. The predicted molar refractivity (Wildman–Crippen MR) is 54.3 cm³/mol. The van der Waals surface area contributed by atoms with Crippen LogP contribution in [0, 0.1) is 18.3 Å². The smallest absolute Gasteiger partial charge is 0.122 e. The second-order valence-electron chi connectivity index (χ2n) is 3.83. The second-order valence-corrected chi connectivity index (χ2v) is 3.83. The van der Waals surface area contributed by atoms with Crippen LogP contribution in [-0.4, -0.2) is 7.11 Å². The van der Waals surface area contributed by atoms with Crippen LogP contribution in [0.15, 0.2) is 18.2 Å². The van der Waals surface area contributed by atoms with Gasteiger partial charge in [0.1, 0.15) is 5.75 Å². The molecule has 0 amide bonds. The number of benzene rings is 1. The van der Waals surface area contributed by atoms with E-state index in [1.165, 1.54) is 0 Å². The third kappa shape index (κ3) is 1.17. The van der Waals surface area contributed by atoms with E-state index >= 15 is 0 Å². The Bertz CT molecular complexity index is 399. The molecule has 0 spiro atoms. The maximum Gasteiger partial charge on any atom is 0.122 e. The number of nitrogens with zero attached hydrogens (tertiary/aromatic N) is 1. The summed E-state index contributed by atoms with van der Waals surface area (Å²) in [6.07, 6.45) is 1.97. The van der Waals surface area contributed by atoms with Crippen molar-refractivity contribution in [2.75, 3.05) is 7.11 Å². The Morgan fingerprint density at radius 3 is 2.64 bits per heavy atom.